The number of carbonyl (C=O) groups excluding carboxylic acids is 1. The van der Waals surface area contributed by atoms with Crippen LogP contribution in [0.1, 0.15) is 16.9 Å². The predicted octanol–water partition coefficient (Wildman–Crippen LogP) is 1.98. The van der Waals surface area contributed by atoms with E-state index >= 15 is 0 Å². The number of amides is 1. The van der Waals surface area contributed by atoms with Crippen molar-refractivity contribution in [3.05, 3.63) is 47.1 Å². The number of benzene rings is 1. The number of anilines is 2. The largest absolute Gasteiger partial charge is 0.365 e. The van der Waals surface area contributed by atoms with Crippen LogP contribution in [-0.2, 0) is 9.84 Å². The van der Waals surface area contributed by atoms with Crippen molar-refractivity contribution in [1.29, 1.82) is 0 Å². The zero-order valence-electron chi connectivity index (χ0n) is 12.6. The van der Waals surface area contributed by atoms with Gasteiger partial charge in [-0.05, 0) is 42.8 Å². The lowest BCUT2D eigenvalue weighted by Crippen LogP contribution is -2.22. The molecule has 1 amide bonds. The summed E-state index contributed by atoms with van der Waals surface area (Å²) in [5.74, 6) is 0.327. The molecule has 0 radical (unpaired) electrons. The quantitative estimate of drug-likeness (QED) is 0.858. The third-order valence-electron chi connectivity index (χ3n) is 3.58. The van der Waals surface area contributed by atoms with E-state index in [4.69, 9.17) is 11.6 Å². The average molecular weight is 367 g/mol. The van der Waals surface area contributed by atoms with Crippen molar-refractivity contribution in [2.45, 2.75) is 12.5 Å². The molecule has 1 fully saturated rings. The average Bonchev–Trinajstić information content (AvgIpc) is 2.89. The van der Waals surface area contributed by atoms with E-state index in [9.17, 15) is 13.2 Å². The van der Waals surface area contributed by atoms with Crippen LogP contribution in [-0.4, -0.2) is 42.1 Å². The highest BCUT2D eigenvalue weighted by atomic mass is 35.5. The van der Waals surface area contributed by atoms with Crippen LogP contribution in [0.15, 0.2) is 36.4 Å². The summed E-state index contributed by atoms with van der Waals surface area (Å²) in [6.45, 7) is 0. The molecule has 1 aliphatic rings. The van der Waals surface area contributed by atoms with Crippen LogP contribution in [0, 0.1) is 0 Å². The Hall–Kier alpha value is -2.19. The molecule has 1 aliphatic heterocycles. The van der Waals surface area contributed by atoms with Gasteiger partial charge in [0.2, 0.25) is 0 Å². The minimum absolute atomic E-state index is 0.0908. The number of nitrogens with one attached hydrogen (secondary N) is 2. The summed E-state index contributed by atoms with van der Waals surface area (Å²) in [6, 6.07) is 9.68. The minimum atomic E-state index is -2.96. The molecule has 1 aromatic carbocycles. The fourth-order valence-electron chi connectivity index (χ4n) is 2.38. The zero-order valence-corrected chi connectivity index (χ0v) is 14.1. The summed E-state index contributed by atoms with van der Waals surface area (Å²) in [7, 11) is -2.96. The highest BCUT2D eigenvalue weighted by molar-refractivity contribution is 7.91. The summed E-state index contributed by atoms with van der Waals surface area (Å²) < 4.78 is 22.9. The van der Waals surface area contributed by atoms with Gasteiger partial charge in [-0.1, -0.05) is 11.6 Å². The minimum Gasteiger partial charge on any atom is -0.365 e. The molecule has 2 heterocycles. The molecule has 9 heteroatoms. The molecule has 1 atom stereocenters. The molecule has 24 heavy (non-hydrogen) atoms. The van der Waals surface area contributed by atoms with Crippen molar-refractivity contribution in [1.82, 2.24) is 10.2 Å². The monoisotopic (exact) mass is 366 g/mol. The van der Waals surface area contributed by atoms with Gasteiger partial charge in [0.15, 0.2) is 15.5 Å². The van der Waals surface area contributed by atoms with Crippen LogP contribution in [0.25, 0.3) is 0 Å². The normalized spacial score (nSPS) is 19.0. The Bertz CT molecular complexity index is 838. The lowest BCUT2D eigenvalue weighted by atomic mass is 10.2. The third kappa shape index (κ3) is 4.21. The maximum atomic E-state index is 12.1. The molecule has 1 aromatic heterocycles. The van der Waals surface area contributed by atoms with Gasteiger partial charge in [-0.2, -0.15) is 0 Å². The number of aromatic nitrogens is 2. The molecule has 3 rings (SSSR count). The van der Waals surface area contributed by atoms with E-state index in [0.717, 1.165) is 0 Å². The molecule has 0 aliphatic carbocycles. The van der Waals surface area contributed by atoms with Crippen molar-refractivity contribution in [3.63, 3.8) is 0 Å². The van der Waals surface area contributed by atoms with Crippen LogP contribution in [0.3, 0.4) is 0 Å². The topological polar surface area (TPSA) is 101 Å². The van der Waals surface area contributed by atoms with Gasteiger partial charge in [-0.15, -0.1) is 10.2 Å². The maximum absolute atomic E-state index is 12.1. The van der Waals surface area contributed by atoms with E-state index in [0.29, 0.717) is 22.9 Å². The summed E-state index contributed by atoms with van der Waals surface area (Å²) in [5.41, 5.74) is 0.763. The van der Waals surface area contributed by atoms with Crippen LogP contribution in [0.5, 0.6) is 0 Å². The Labute approximate surface area is 144 Å². The first-order chi connectivity index (χ1) is 11.4. The summed E-state index contributed by atoms with van der Waals surface area (Å²) in [5, 5.41) is 14.1. The smallest absolute Gasteiger partial charge is 0.276 e. The van der Waals surface area contributed by atoms with E-state index < -0.39 is 9.84 Å². The Kier molecular flexibility index (Phi) is 4.68. The summed E-state index contributed by atoms with van der Waals surface area (Å²) in [4.78, 5) is 12.1. The van der Waals surface area contributed by atoms with Gasteiger partial charge < -0.3 is 10.6 Å². The first-order valence-electron chi connectivity index (χ1n) is 7.29. The molecular weight excluding hydrogens is 352 g/mol. The van der Waals surface area contributed by atoms with E-state index in [1.54, 1.807) is 30.3 Å². The number of rotatable bonds is 4. The van der Waals surface area contributed by atoms with Crippen molar-refractivity contribution >= 4 is 38.9 Å². The van der Waals surface area contributed by atoms with Crippen molar-refractivity contribution < 1.29 is 13.2 Å². The second-order valence-electron chi connectivity index (χ2n) is 5.51. The Balaban J connectivity index is 1.61. The van der Waals surface area contributed by atoms with Crippen molar-refractivity contribution in [2.24, 2.45) is 0 Å². The van der Waals surface area contributed by atoms with Crippen molar-refractivity contribution in [3.8, 4) is 0 Å². The predicted molar refractivity (Wildman–Crippen MR) is 92.1 cm³/mol. The van der Waals surface area contributed by atoms with Gasteiger partial charge in [-0.3, -0.25) is 4.79 Å². The Morgan fingerprint density at radius 2 is 1.88 bits per heavy atom. The number of halogens is 1. The molecule has 0 spiro atoms. The number of nitrogens with zero attached hydrogens (tertiary/aromatic N) is 2. The second kappa shape index (κ2) is 6.74. The highest BCUT2D eigenvalue weighted by Crippen LogP contribution is 2.17. The fraction of sp³-hybridized carbons (Fsp3) is 0.267. The first-order valence-corrected chi connectivity index (χ1v) is 9.49. The van der Waals surface area contributed by atoms with Crippen LogP contribution in [0.2, 0.25) is 5.02 Å². The van der Waals surface area contributed by atoms with E-state index in [1.165, 1.54) is 6.07 Å². The molecule has 1 saturated heterocycles. The highest BCUT2D eigenvalue weighted by Gasteiger charge is 2.28. The number of hydrogen-bond donors (Lipinski definition) is 2. The van der Waals surface area contributed by atoms with E-state index in [1.807, 2.05) is 0 Å². The SMILES string of the molecule is O=C(Nc1ccc(Cl)cc1)c1ccc(NC2CCS(=O)(=O)C2)nn1. The van der Waals surface area contributed by atoms with Gasteiger partial charge in [-0.25, -0.2) is 8.42 Å². The van der Waals surface area contributed by atoms with Crippen molar-refractivity contribution in [2.75, 3.05) is 22.1 Å². The van der Waals surface area contributed by atoms with Gasteiger partial charge >= 0.3 is 0 Å². The molecular formula is C15H15ClN4O3S. The third-order valence-corrected chi connectivity index (χ3v) is 5.60. The molecule has 126 valence electrons. The zero-order chi connectivity index (χ0) is 17.2. The summed E-state index contributed by atoms with van der Waals surface area (Å²) >= 11 is 5.79. The van der Waals surface area contributed by atoms with Crippen LogP contribution < -0.4 is 10.6 Å². The lowest BCUT2D eigenvalue weighted by Gasteiger charge is -2.11. The molecule has 2 N–H and O–H groups in total. The number of sulfone groups is 1. The van der Waals surface area contributed by atoms with Gasteiger partial charge in [0, 0.05) is 16.8 Å². The molecule has 7 nitrogen and oxygen atoms in total. The summed E-state index contributed by atoms with van der Waals surface area (Å²) in [6.07, 6.45) is 0.544. The molecule has 0 saturated carbocycles. The Morgan fingerprint density at radius 3 is 2.46 bits per heavy atom. The lowest BCUT2D eigenvalue weighted by molar-refractivity contribution is 0.102. The van der Waals surface area contributed by atoms with E-state index in [-0.39, 0.29) is 29.1 Å². The Morgan fingerprint density at radius 1 is 1.12 bits per heavy atom. The van der Waals surface area contributed by atoms with Crippen LogP contribution in [0.4, 0.5) is 11.5 Å². The van der Waals surface area contributed by atoms with Gasteiger partial charge in [0.25, 0.3) is 5.91 Å². The number of hydrogen-bond acceptors (Lipinski definition) is 6. The fourth-order valence-corrected chi connectivity index (χ4v) is 4.18. The number of carbonyl (C=O) groups is 1. The first kappa shape index (κ1) is 16.7. The molecule has 2 aromatic rings. The van der Waals surface area contributed by atoms with E-state index in [2.05, 4.69) is 20.8 Å². The molecule has 0 bridgehead atoms. The second-order valence-corrected chi connectivity index (χ2v) is 8.17. The van der Waals surface area contributed by atoms with Crippen LogP contribution >= 0.6 is 11.6 Å². The van der Waals surface area contributed by atoms with Gasteiger partial charge in [0.1, 0.15) is 5.82 Å². The standard InChI is InChI=1S/C15H15ClN4O3S/c16-10-1-3-11(4-2-10)18-15(21)13-5-6-14(20-19-13)17-12-7-8-24(22,23)9-12/h1-6,12H,7-9H2,(H,17,20)(H,18,21). The maximum Gasteiger partial charge on any atom is 0.276 e. The van der Waals surface area contributed by atoms with Gasteiger partial charge in [0.05, 0.1) is 11.5 Å². The molecule has 1 unspecified atom stereocenters.